The molecule has 0 aliphatic carbocycles. The Labute approximate surface area is 179 Å². The Morgan fingerprint density at radius 1 is 1.23 bits per heavy atom. The maximum Gasteiger partial charge on any atom is 0.329 e. The summed E-state index contributed by atoms with van der Waals surface area (Å²) in [6, 6.07) is 12.5. The molecule has 1 amide bonds. The minimum atomic E-state index is -0.333. The molecule has 1 N–H and O–H groups in total. The number of hydrogen-bond donors (Lipinski definition) is 1. The quantitative estimate of drug-likeness (QED) is 0.621. The largest absolute Gasteiger partial charge is 0.489 e. The van der Waals surface area contributed by atoms with Crippen LogP contribution in [-0.4, -0.2) is 34.4 Å². The second kappa shape index (κ2) is 8.93. The number of carbonyl (C=O) groups is 1. The molecule has 1 saturated heterocycles. The Kier molecular flexibility index (Phi) is 6.11. The van der Waals surface area contributed by atoms with Crippen molar-refractivity contribution in [2.75, 3.05) is 18.5 Å². The van der Waals surface area contributed by atoms with E-state index < -0.39 is 0 Å². The Bertz CT molecular complexity index is 1120. The lowest BCUT2D eigenvalue weighted by Crippen LogP contribution is -2.29. The van der Waals surface area contributed by atoms with Crippen LogP contribution >= 0.6 is 11.6 Å². The standard InChI is InChI=1S/C22H24ClN3O4/c1-2-25-18-7-3-4-8-19(18)26(22(25)28)13-21(27)24-17-12-15(23)9-10-20(17)30-14-16-6-5-11-29-16/h3-4,7-10,12,16H,2,5-6,11,13-14H2,1H3,(H,24,27). The monoisotopic (exact) mass is 429 g/mol. The molecule has 8 heteroatoms. The number of carbonyl (C=O) groups excluding carboxylic acids is 1. The molecule has 0 radical (unpaired) electrons. The van der Waals surface area contributed by atoms with Crippen molar-refractivity contribution in [3.63, 3.8) is 0 Å². The molecule has 0 spiro atoms. The molecule has 1 atom stereocenters. The van der Waals surface area contributed by atoms with Crippen LogP contribution < -0.4 is 15.7 Å². The third kappa shape index (κ3) is 4.22. The smallest absolute Gasteiger partial charge is 0.329 e. The molecule has 1 aliphatic heterocycles. The van der Waals surface area contributed by atoms with Gasteiger partial charge in [-0.3, -0.25) is 13.9 Å². The maximum atomic E-state index is 12.8. The van der Waals surface area contributed by atoms with Gasteiger partial charge in [0.1, 0.15) is 18.9 Å². The third-order valence-electron chi connectivity index (χ3n) is 5.21. The molecule has 1 fully saturated rings. The van der Waals surface area contributed by atoms with Crippen molar-refractivity contribution < 1.29 is 14.3 Å². The lowest BCUT2D eigenvalue weighted by molar-refractivity contribution is -0.116. The molecule has 1 unspecified atom stereocenters. The number of halogens is 1. The van der Waals surface area contributed by atoms with Crippen LogP contribution in [0.15, 0.2) is 47.3 Å². The number of hydrogen-bond acceptors (Lipinski definition) is 4. The molecule has 2 heterocycles. The third-order valence-corrected chi connectivity index (χ3v) is 5.44. The minimum Gasteiger partial charge on any atom is -0.489 e. The highest BCUT2D eigenvalue weighted by Gasteiger charge is 2.19. The highest BCUT2D eigenvalue weighted by molar-refractivity contribution is 6.31. The zero-order chi connectivity index (χ0) is 21.1. The SMILES string of the molecule is CCn1c(=O)n(CC(=O)Nc2cc(Cl)ccc2OCC2CCCO2)c2ccccc21. The average molecular weight is 430 g/mol. The molecule has 0 saturated carbocycles. The molecule has 7 nitrogen and oxygen atoms in total. The summed E-state index contributed by atoms with van der Waals surface area (Å²) in [4.78, 5) is 25.6. The van der Waals surface area contributed by atoms with Crippen LogP contribution in [0.1, 0.15) is 19.8 Å². The molecule has 1 aromatic heterocycles. The Balaban J connectivity index is 1.53. The van der Waals surface area contributed by atoms with Crippen LogP contribution in [-0.2, 0) is 22.6 Å². The van der Waals surface area contributed by atoms with Crippen molar-refractivity contribution in [2.24, 2.45) is 0 Å². The van der Waals surface area contributed by atoms with Crippen molar-refractivity contribution in [1.82, 2.24) is 9.13 Å². The average Bonchev–Trinajstić information content (AvgIpc) is 3.34. The second-order valence-corrected chi connectivity index (χ2v) is 7.67. The van der Waals surface area contributed by atoms with Gasteiger partial charge in [0.05, 0.1) is 22.8 Å². The molecule has 158 valence electrons. The van der Waals surface area contributed by atoms with Crippen LogP contribution in [0.4, 0.5) is 5.69 Å². The fourth-order valence-electron chi connectivity index (χ4n) is 3.75. The molecule has 2 aromatic carbocycles. The van der Waals surface area contributed by atoms with Crippen molar-refractivity contribution in [3.8, 4) is 5.75 Å². The Morgan fingerprint density at radius 2 is 2.00 bits per heavy atom. The predicted molar refractivity (Wildman–Crippen MR) is 116 cm³/mol. The number of imidazole rings is 1. The molecule has 1 aliphatic rings. The zero-order valence-electron chi connectivity index (χ0n) is 16.8. The second-order valence-electron chi connectivity index (χ2n) is 7.24. The van der Waals surface area contributed by atoms with Crippen molar-refractivity contribution >= 4 is 34.2 Å². The molecule has 3 aromatic rings. The van der Waals surface area contributed by atoms with E-state index in [9.17, 15) is 9.59 Å². The molecule has 30 heavy (non-hydrogen) atoms. The molecule has 0 bridgehead atoms. The van der Waals surface area contributed by atoms with Gasteiger partial charge in [-0.05, 0) is 50.1 Å². The number of fused-ring (bicyclic) bond motifs is 1. The summed E-state index contributed by atoms with van der Waals surface area (Å²) in [5.41, 5.74) is 1.79. The van der Waals surface area contributed by atoms with Crippen LogP contribution in [0, 0.1) is 0 Å². The number of benzene rings is 2. The Morgan fingerprint density at radius 3 is 2.70 bits per heavy atom. The first-order valence-corrected chi connectivity index (χ1v) is 10.5. The highest BCUT2D eigenvalue weighted by Crippen LogP contribution is 2.29. The normalized spacial score (nSPS) is 16.1. The first kappa shape index (κ1) is 20.5. The summed E-state index contributed by atoms with van der Waals surface area (Å²) in [5, 5.41) is 3.32. The van der Waals surface area contributed by atoms with Gasteiger partial charge < -0.3 is 14.8 Å². The van der Waals surface area contributed by atoms with E-state index in [1.807, 2.05) is 31.2 Å². The van der Waals surface area contributed by atoms with Gasteiger partial charge >= 0.3 is 5.69 Å². The number of aryl methyl sites for hydroxylation is 1. The molecule has 4 rings (SSSR count). The summed E-state index contributed by atoms with van der Waals surface area (Å²) in [7, 11) is 0. The minimum absolute atomic E-state index is 0.0583. The number of aromatic nitrogens is 2. The first-order valence-electron chi connectivity index (χ1n) is 10.1. The van der Waals surface area contributed by atoms with Gasteiger partial charge in [0.2, 0.25) is 5.91 Å². The van der Waals surface area contributed by atoms with Gasteiger partial charge in [0, 0.05) is 18.2 Å². The number of nitrogens with one attached hydrogen (secondary N) is 1. The van der Waals surface area contributed by atoms with Crippen molar-refractivity contribution in [3.05, 3.63) is 58.0 Å². The van der Waals surface area contributed by atoms with Gasteiger partial charge in [-0.15, -0.1) is 0 Å². The summed E-state index contributed by atoms with van der Waals surface area (Å²) in [6.07, 6.45) is 2.04. The van der Waals surface area contributed by atoms with E-state index in [2.05, 4.69) is 5.32 Å². The number of ether oxygens (including phenoxy) is 2. The van der Waals surface area contributed by atoms with E-state index in [0.717, 1.165) is 30.5 Å². The number of nitrogens with zero attached hydrogens (tertiary/aromatic N) is 2. The number of anilines is 1. The van der Waals surface area contributed by atoms with Gasteiger partial charge in [0.25, 0.3) is 0 Å². The number of rotatable bonds is 7. The van der Waals surface area contributed by atoms with Crippen LogP contribution in [0.5, 0.6) is 5.75 Å². The van der Waals surface area contributed by atoms with Gasteiger partial charge in [0.15, 0.2) is 0 Å². The maximum absolute atomic E-state index is 12.8. The number of para-hydroxylation sites is 2. The Hall–Kier alpha value is -2.77. The van der Waals surface area contributed by atoms with E-state index in [4.69, 9.17) is 21.1 Å². The van der Waals surface area contributed by atoms with E-state index in [1.165, 1.54) is 4.57 Å². The topological polar surface area (TPSA) is 74.5 Å². The van der Waals surface area contributed by atoms with Crippen LogP contribution in [0.25, 0.3) is 11.0 Å². The fourth-order valence-corrected chi connectivity index (χ4v) is 3.92. The summed E-state index contributed by atoms with van der Waals surface area (Å²) < 4.78 is 14.6. The van der Waals surface area contributed by atoms with Gasteiger partial charge in [-0.2, -0.15) is 0 Å². The molecular formula is C22H24ClN3O4. The van der Waals surface area contributed by atoms with E-state index in [1.54, 1.807) is 22.8 Å². The van der Waals surface area contributed by atoms with Crippen molar-refractivity contribution in [1.29, 1.82) is 0 Å². The van der Waals surface area contributed by atoms with E-state index in [0.29, 0.717) is 29.6 Å². The molecular weight excluding hydrogens is 406 g/mol. The van der Waals surface area contributed by atoms with E-state index >= 15 is 0 Å². The van der Waals surface area contributed by atoms with Crippen LogP contribution in [0.2, 0.25) is 5.02 Å². The fraction of sp³-hybridized carbons (Fsp3) is 0.364. The zero-order valence-corrected chi connectivity index (χ0v) is 17.5. The first-order chi connectivity index (χ1) is 14.6. The van der Waals surface area contributed by atoms with Gasteiger partial charge in [-0.25, -0.2) is 4.79 Å². The lowest BCUT2D eigenvalue weighted by atomic mass is 10.2. The lowest BCUT2D eigenvalue weighted by Gasteiger charge is -2.15. The van der Waals surface area contributed by atoms with E-state index in [-0.39, 0.29) is 24.2 Å². The summed E-state index contributed by atoms with van der Waals surface area (Å²) in [6.45, 7) is 3.49. The van der Waals surface area contributed by atoms with Crippen LogP contribution in [0.3, 0.4) is 0 Å². The van der Waals surface area contributed by atoms with Gasteiger partial charge in [-0.1, -0.05) is 23.7 Å². The summed E-state index contributed by atoms with van der Waals surface area (Å²) in [5.74, 6) is 0.187. The predicted octanol–water partition coefficient (Wildman–Crippen LogP) is 3.67. The number of amides is 1. The summed E-state index contributed by atoms with van der Waals surface area (Å²) >= 11 is 6.12. The van der Waals surface area contributed by atoms with Crippen molar-refractivity contribution in [2.45, 2.75) is 39.0 Å². The highest BCUT2D eigenvalue weighted by atomic mass is 35.5.